The Hall–Kier alpha value is -2.83. The fraction of sp³-hybridized carbons (Fsp3) is 0.368. The van der Waals surface area contributed by atoms with Crippen molar-refractivity contribution in [2.45, 2.75) is 26.3 Å². The first-order valence-corrected chi connectivity index (χ1v) is 8.80. The van der Waals surface area contributed by atoms with E-state index in [1.165, 1.54) is 18.2 Å². The van der Waals surface area contributed by atoms with Crippen molar-refractivity contribution in [2.75, 3.05) is 18.0 Å². The van der Waals surface area contributed by atoms with Crippen LogP contribution in [-0.2, 0) is 6.54 Å². The van der Waals surface area contributed by atoms with Crippen molar-refractivity contribution < 1.29 is 4.39 Å². The van der Waals surface area contributed by atoms with Crippen LogP contribution in [0.1, 0.15) is 18.7 Å². The number of anilines is 1. The zero-order chi connectivity index (χ0) is 18.1. The monoisotopic (exact) mass is 353 g/mol. The molecule has 0 N–H and O–H groups in total. The Morgan fingerprint density at radius 2 is 1.92 bits per heavy atom. The Morgan fingerprint density at radius 1 is 1.19 bits per heavy atom. The number of hydrogen-bond donors (Lipinski definition) is 0. The molecule has 7 heteroatoms. The predicted molar refractivity (Wildman–Crippen MR) is 97.7 cm³/mol. The molecule has 1 fully saturated rings. The van der Waals surface area contributed by atoms with Crippen molar-refractivity contribution in [3.05, 3.63) is 58.7 Å². The van der Waals surface area contributed by atoms with E-state index in [4.69, 9.17) is 0 Å². The molecule has 1 aromatic carbocycles. The van der Waals surface area contributed by atoms with Gasteiger partial charge >= 0.3 is 0 Å². The summed E-state index contributed by atoms with van der Waals surface area (Å²) in [7, 11) is 0. The molecule has 3 aromatic rings. The maximum absolute atomic E-state index is 13.4. The van der Waals surface area contributed by atoms with Gasteiger partial charge in [-0.05, 0) is 43.9 Å². The Labute approximate surface area is 150 Å². The molecule has 1 aliphatic rings. The average Bonchev–Trinajstić information content (AvgIpc) is 2.66. The summed E-state index contributed by atoms with van der Waals surface area (Å²) in [5, 5.41) is 0.465. The van der Waals surface area contributed by atoms with Crippen LogP contribution in [0, 0.1) is 18.7 Å². The third kappa shape index (κ3) is 3.16. The highest BCUT2D eigenvalue weighted by atomic mass is 19.1. The molecule has 1 saturated heterocycles. The molecule has 26 heavy (non-hydrogen) atoms. The van der Waals surface area contributed by atoms with Gasteiger partial charge in [-0.1, -0.05) is 0 Å². The van der Waals surface area contributed by atoms with Gasteiger partial charge in [0, 0.05) is 38.1 Å². The Bertz CT molecular complexity index is 980. The summed E-state index contributed by atoms with van der Waals surface area (Å²) in [5.74, 6) is 1.40. The van der Waals surface area contributed by atoms with E-state index in [2.05, 4.69) is 19.9 Å². The van der Waals surface area contributed by atoms with Crippen molar-refractivity contribution in [3.8, 4) is 0 Å². The van der Waals surface area contributed by atoms with Gasteiger partial charge in [0.15, 0.2) is 0 Å². The van der Waals surface area contributed by atoms with Crippen LogP contribution in [0.25, 0.3) is 10.9 Å². The number of halogens is 1. The Kier molecular flexibility index (Phi) is 4.36. The minimum atomic E-state index is -0.378. The van der Waals surface area contributed by atoms with Crippen LogP contribution in [0.3, 0.4) is 0 Å². The highest BCUT2D eigenvalue weighted by molar-refractivity contribution is 5.77. The molecule has 6 nitrogen and oxygen atoms in total. The van der Waals surface area contributed by atoms with Crippen LogP contribution in [-0.4, -0.2) is 32.6 Å². The minimum Gasteiger partial charge on any atom is -0.341 e. The first-order chi connectivity index (χ1) is 12.6. The minimum absolute atomic E-state index is 0.0960. The summed E-state index contributed by atoms with van der Waals surface area (Å²) >= 11 is 0. The number of aromatic nitrogens is 4. The van der Waals surface area contributed by atoms with E-state index in [1.54, 1.807) is 23.9 Å². The molecule has 0 saturated carbocycles. The van der Waals surface area contributed by atoms with Crippen molar-refractivity contribution in [2.24, 2.45) is 5.92 Å². The summed E-state index contributed by atoms with van der Waals surface area (Å²) in [6.07, 6.45) is 5.43. The molecule has 3 heterocycles. The molecule has 134 valence electrons. The number of rotatable bonds is 3. The van der Waals surface area contributed by atoms with Gasteiger partial charge in [0.25, 0.3) is 5.56 Å². The van der Waals surface area contributed by atoms with Crippen molar-refractivity contribution in [3.63, 3.8) is 0 Å². The van der Waals surface area contributed by atoms with Gasteiger partial charge in [0.05, 0.1) is 10.9 Å². The first kappa shape index (κ1) is 16.6. The first-order valence-electron chi connectivity index (χ1n) is 8.80. The normalized spacial score (nSPS) is 15.5. The quantitative estimate of drug-likeness (QED) is 0.724. The molecular weight excluding hydrogens is 333 g/mol. The van der Waals surface area contributed by atoms with Gasteiger partial charge in [-0.3, -0.25) is 9.36 Å². The lowest BCUT2D eigenvalue weighted by atomic mass is 9.96. The lowest BCUT2D eigenvalue weighted by Crippen LogP contribution is -2.37. The third-order valence-corrected chi connectivity index (χ3v) is 5.00. The molecule has 4 rings (SSSR count). The van der Waals surface area contributed by atoms with Crippen LogP contribution in [0.2, 0.25) is 0 Å². The summed E-state index contributed by atoms with van der Waals surface area (Å²) in [6.45, 7) is 4.18. The zero-order valence-corrected chi connectivity index (χ0v) is 14.6. The largest absolute Gasteiger partial charge is 0.341 e. The molecule has 0 radical (unpaired) electrons. The molecule has 0 spiro atoms. The summed E-state index contributed by atoms with van der Waals surface area (Å²) in [4.78, 5) is 28.0. The van der Waals surface area contributed by atoms with Crippen LogP contribution in [0.4, 0.5) is 10.3 Å². The van der Waals surface area contributed by atoms with Gasteiger partial charge < -0.3 is 4.90 Å². The van der Waals surface area contributed by atoms with Gasteiger partial charge in [-0.15, -0.1) is 0 Å². The third-order valence-electron chi connectivity index (χ3n) is 5.00. The van der Waals surface area contributed by atoms with Gasteiger partial charge in [-0.2, -0.15) is 0 Å². The Morgan fingerprint density at radius 3 is 2.65 bits per heavy atom. The second-order valence-electron chi connectivity index (χ2n) is 6.72. The maximum atomic E-state index is 13.4. The van der Waals surface area contributed by atoms with Crippen molar-refractivity contribution in [1.29, 1.82) is 0 Å². The van der Waals surface area contributed by atoms with E-state index in [9.17, 15) is 9.18 Å². The fourth-order valence-electron chi connectivity index (χ4n) is 3.55. The van der Waals surface area contributed by atoms with E-state index in [1.807, 2.05) is 6.07 Å². The predicted octanol–water partition coefficient (Wildman–Crippen LogP) is 2.55. The smallest absolute Gasteiger partial charge is 0.261 e. The van der Waals surface area contributed by atoms with Gasteiger partial charge in [0.2, 0.25) is 5.95 Å². The van der Waals surface area contributed by atoms with Gasteiger partial charge in [-0.25, -0.2) is 19.3 Å². The van der Waals surface area contributed by atoms with E-state index < -0.39 is 0 Å². The molecule has 0 bridgehead atoms. The number of benzene rings is 1. The van der Waals surface area contributed by atoms with Crippen LogP contribution in [0.15, 0.2) is 41.5 Å². The molecule has 0 amide bonds. The van der Waals surface area contributed by atoms with E-state index >= 15 is 0 Å². The summed E-state index contributed by atoms with van der Waals surface area (Å²) < 4.78 is 15.1. The zero-order valence-electron chi connectivity index (χ0n) is 14.6. The average molecular weight is 353 g/mol. The molecule has 0 aliphatic carbocycles. The highest BCUT2D eigenvalue weighted by Crippen LogP contribution is 2.22. The molecule has 1 aliphatic heterocycles. The number of aryl methyl sites for hydroxylation is 1. The van der Waals surface area contributed by atoms with E-state index in [0.29, 0.717) is 29.2 Å². The van der Waals surface area contributed by atoms with E-state index in [0.717, 1.165) is 31.9 Å². The van der Waals surface area contributed by atoms with Crippen LogP contribution in [0.5, 0.6) is 0 Å². The lowest BCUT2D eigenvalue weighted by Gasteiger charge is -2.32. The standard InChI is InChI=1S/C19H20FN5O/c1-13-23-17-11-15(20)3-4-16(17)18(26)25(13)12-14-5-9-24(10-6-14)19-21-7-2-8-22-19/h2-4,7-8,11,14H,5-6,9-10,12H2,1H3. The summed E-state index contributed by atoms with van der Waals surface area (Å²) in [5.41, 5.74) is 0.320. The lowest BCUT2D eigenvalue weighted by molar-refractivity contribution is 0.347. The maximum Gasteiger partial charge on any atom is 0.261 e. The second kappa shape index (κ2) is 6.82. The van der Waals surface area contributed by atoms with Crippen LogP contribution >= 0.6 is 0 Å². The molecular formula is C19H20FN5O. The highest BCUT2D eigenvalue weighted by Gasteiger charge is 2.22. The summed E-state index contributed by atoms with van der Waals surface area (Å²) in [6, 6.07) is 5.95. The topological polar surface area (TPSA) is 63.9 Å². The SMILES string of the molecule is Cc1nc2cc(F)ccc2c(=O)n1CC1CCN(c2ncccn2)CC1. The second-order valence-corrected chi connectivity index (χ2v) is 6.72. The fourth-order valence-corrected chi connectivity index (χ4v) is 3.55. The number of hydrogen-bond acceptors (Lipinski definition) is 5. The Balaban J connectivity index is 1.52. The number of nitrogens with zero attached hydrogens (tertiary/aromatic N) is 5. The molecule has 2 aromatic heterocycles. The van der Waals surface area contributed by atoms with Gasteiger partial charge in [0.1, 0.15) is 11.6 Å². The van der Waals surface area contributed by atoms with E-state index in [-0.39, 0.29) is 11.4 Å². The number of fused-ring (bicyclic) bond motifs is 1. The van der Waals surface area contributed by atoms with Crippen molar-refractivity contribution in [1.82, 2.24) is 19.5 Å². The van der Waals surface area contributed by atoms with Crippen molar-refractivity contribution >= 4 is 16.9 Å². The molecule has 0 unspecified atom stereocenters. The van der Waals surface area contributed by atoms with Crippen LogP contribution < -0.4 is 10.5 Å². The number of piperidine rings is 1. The molecule has 0 atom stereocenters.